The second kappa shape index (κ2) is 11.0. The van der Waals surface area contributed by atoms with Crippen LogP contribution in [0.4, 0.5) is 0 Å². The van der Waals surface area contributed by atoms with Crippen molar-refractivity contribution in [2.24, 2.45) is 0 Å². The summed E-state index contributed by atoms with van der Waals surface area (Å²) in [6.45, 7) is 2.30. The van der Waals surface area contributed by atoms with Crippen molar-refractivity contribution in [1.82, 2.24) is 25.1 Å². The number of pyridine rings is 1. The number of fused-ring (bicyclic) bond motifs is 1. The van der Waals surface area contributed by atoms with Gasteiger partial charge in [0.1, 0.15) is 5.54 Å². The van der Waals surface area contributed by atoms with Crippen LogP contribution in [0.2, 0.25) is 0 Å². The Balaban J connectivity index is 1.47. The molecule has 190 valence electrons. The third-order valence-corrected chi connectivity index (χ3v) is 7.47. The van der Waals surface area contributed by atoms with E-state index < -0.39 is 5.54 Å². The molecule has 3 heterocycles. The minimum Gasteiger partial charge on any atom is -0.361 e. The average molecular weight is 496 g/mol. The highest BCUT2D eigenvalue weighted by Crippen LogP contribution is 2.32. The molecule has 0 aliphatic carbocycles. The van der Waals surface area contributed by atoms with Crippen molar-refractivity contribution in [3.05, 3.63) is 102 Å². The van der Waals surface area contributed by atoms with E-state index in [4.69, 9.17) is 0 Å². The number of hydrogen-bond donors (Lipinski definition) is 2. The molecule has 5 rings (SSSR count). The van der Waals surface area contributed by atoms with E-state index in [2.05, 4.69) is 39.4 Å². The lowest BCUT2D eigenvalue weighted by Gasteiger charge is -2.47. The second-order valence-electron chi connectivity index (χ2n) is 9.81. The Morgan fingerprint density at radius 3 is 2.54 bits per heavy atom. The third kappa shape index (κ3) is 5.27. The van der Waals surface area contributed by atoms with Crippen molar-refractivity contribution in [3.8, 4) is 0 Å². The van der Waals surface area contributed by atoms with E-state index in [0.717, 1.165) is 35.1 Å². The molecule has 7 heteroatoms. The van der Waals surface area contributed by atoms with Crippen molar-refractivity contribution >= 4 is 22.7 Å². The largest absolute Gasteiger partial charge is 0.361 e. The van der Waals surface area contributed by atoms with Gasteiger partial charge in [0.05, 0.1) is 0 Å². The van der Waals surface area contributed by atoms with Crippen molar-refractivity contribution in [3.63, 3.8) is 0 Å². The van der Waals surface area contributed by atoms with Crippen molar-refractivity contribution < 1.29 is 9.59 Å². The van der Waals surface area contributed by atoms with Crippen LogP contribution in [-0.2, 0) is 17.8 Å². The fourth-order valence-electron chi connectivity index (χ4n) is 5.27. The predicted octanol–water partition coefficient (Wildman–Crippen LogP) is 4.03. The number of rotatable bonds is 8. The van der Waals surface area contributed by atoms with E-state index in [9.17, 15) is 9.59 Å². The molecule has 1 fully saturated rings. The third-order valence-electron chi connectivity index (χ3n) is 7.47. The highest BCUT2D eigenvalue weighted by atomic mass is 16.2. The molecule has 37 heavy (non-hydrogen) atoms. The van der Waals surface area contributed by atoms with Gasteiger partial charge < -0.3 is 20.1 Å². The van der Waals surface area contributed by atoms with Gasteiger partial charge in [0.25, 0.3) is 5.91 Å². The smallest absolute Gasteiger partial charge is 0.254 e. The zero-order valence-corrected chi connectivity index (χ0v) is 21.2. The highest BCUT2D eigenvalue weighted by molar-refractivity contribution is 5.99. The van der Waals surface area contributed by atoms with Crippen LogP contribution in [0.3, 0.4) is 0 Å². The van der Waals surface area contributed by atoms with E-state index in [-0.39, 0.29) is 11.8 Å². The number of nitrogens with zero attached hydrogens (tertiary/aromatic N) is 3. The summed E-state index contributed by atoms with van der Waals surface area (Å²) in [5.41, 5.74) is 2.80. The van der Waals surface area contributed by atoms with Crippen LogP contribution >= 0.6 is 0 Å². The first kappa shape index (κ1) is 24.7. The molecule has 1 aliphatic rings. The number of H-pyrrole nitrogens is 1. The Labute approximate surface area is 217 Å². The number of aromatic amines is 1. The maximum Gasteiger partial charge on any atom is 0.254 e. The molecule has 0 radical (unpaired) electrons. The van der Waals surface area contributed by atoms with Gasteiger partial charge in [-0.25, -0.2) is 0 Å². The van der Waals surface area contributed by atoms with Gasteiger partial charge in [0, 0.05) is 61.2 Å². The number of piperidine rings is 1. The Hall–Kier alpha value is -3.97. The fraction of sp³-hybridized carbons (Fsp3) is 0.300. The highest BCUT2D eigenvalue weighted by Gasteiger charge is 2.47. The van der Waals surface area contributed by atoms with Crippen molar-refractivity contribution in [1.29, 1.82) is 0 Å². The standard InChI is InChI=1S/C30H33N5O2/c1-34-18-14-30(15-19-34,29(37)33-21-23-8-7-16-31-20-23)35(28(36)24-9-3-2-4-10-24)17-13-25-22-32-27-12-6-5-11-26(25)27/h2-12,16,20,22,32H,13-15,17-19,21H2,1H3,(H,33,37). The molecule has 1 saturated heterocycles. The van der Waals surface area contributed by atoms with Gasteiger partial charge >= 0.3 is 0 Å². The summed E-state index contributed by atoms with van der Waals surface area (Å²) in [5.74, 6) is -0.214. The van der Waals surface area contributed by atoms with Crippen molar-refractivity contribution in [2.75, 3.05) is 26.7 Å². The number of carbonyl (C=O) groups excluding carboxylic acids is 2. The SMILES string of the molecule is CN1CCC(C(=O)NCc2cccnc2)(N(CCc2c[nH]c3ccccc23)C(=O)c2ccccc2)CC1. The molecule has 2 aromatic carbocycles. The zero-order chi connectivity index (χ0) is 25.7. The maximum atomic E-state index is 14.0. The Kier molecular flexibility index (Phi) is 7.32. The zero-order valence-electron chi connectivity index (χ0n) is 21.2. The van der Waals surface area contributed by atoms with E-state index in [1.807, 2.05) is 65.7 Å². The summed E-state index contributed by atoms with van der Waals surface area (Å²) >= 11 is 0. The Morgan fingerprint density at radius 2 is 1.78 bits per heavy atom. The minimum atomic E-state index is -0.937. The predicted molar refractivity (Wildman–Crippen MR) is 145 cm³/mol. The number of likely N-dealkylation sites (tertiary alicyclic amines) is 1. The van der Waals surface area contributed by atoms with Crippen LogP contribution in [-0.4, -0.2) is 63.8 Å². The molecule has 1 aliphatic heterocycles. The van der Waals surface area contributed by atoms with Gasteiger partial charge in [-0.05, 0) is 61.7 Å². The molecular formula is C30H33N5O2. The van der Waals surface area contributed by atoms with E-state index >= 15 is 0 Å². The number of benzene rings is 2. The van der Waals surface area contributed by atoms with Gasteiger partial charge in [0.2, 0.25) is 5.91 Å². The molecule has 7 nitrogen and oxygen atoms in total. The molecule has 0 bridgehead atoms. The first-order valence-electron chi connectivity index (χ1n) is 12.8. The second-order valence-corrected chi connectivity index (χ2v) is 9.81. The summed E-state index contributed by atoms with van der Waals surface area (Å²) in [5, 5.41) is 4.28. The van der Waals surface area contributed by atoms with Crippen LogP contribution in [0.1, 0.15) is 34.3 Å². The summed E-state index contributed by atoms with van der Waals surface area (Å²) in [7, 11) is 2.06. The van der Waals surface area contributed by atoms with Crippen LogP contribution in [0, 0.1) is 0 Å². The first-order valence-corrected chi connectivity index (χ1v) is 12.8. The van der Waals surface area contributed by atoms with Gasteiger partial charge in [-0.2, -0.15) is 0 Å². The Morgan fingerprint density at radius 1 is 1.03 bits per heavy atom. The lowest BCUT2D eigenvalue weighted by molar-refractivity contribution is -0.135. The lowest BCUT2D eigenvalue weighted by Crippen LogP contribution is -2.64. The molecule has 2 aromatic heterocycles. The molecular weight excluding hydrogens is 462 g/mol. The first-order chi connectivity index (χ1) is 18.1. The summed E-state index contributed by atoms with van der Waals surface area (Å²) in [6, 6.07) is 21.3. The molecule has 0 spiro atoms. The number of hydrogen-bond acceptors (Lipinski definition) is 4. The lowest BCUT2D eigenvalue weighted by atomic mass is 9.83. The van der Waals surface area contributed by atoms with Crippen LogP contribution in [0.25, 0.3) is 10.9 Å². The normalized spacial score (nSPS) is 15.4. The van der Waals surface area contributed by atoms with E-state index in [1.165, 1.54) is 0 Å². The van der Waals surface area contributed by atoms with Crippen LogP contribution in [0.15, 0.2) is 85.3 Å². The van der Waals surface area contributed by atoms with Crippen LogP contribution < -0.4 is 5.32 Å². The molecule has 4 aromatic rings. The Bertz CT molecular complexity index is 1340. The van der Waals surface area contributed by atoms with Crippen molar-refractivity contribution in [2.45, 2.75) is 31.3 Å². The molecule has 0 atom stereocenters. The van der Waals surface area contributed by atoms with Gasteiger partial charge in [-0.1, -0.05) is 42.5 Å². The average Bonchev–Trinajstić information content (AvgIpc) is 3.37. The number of carbonyl (C=O) groups is 2. The van der Waals surface area contributed by atoms with E-state index in [1.54, 1.807) is 12.4 Å². The quantitative estimate of drug-likeness (QED) is 0.387. The molecule has 2 amide bonds. The number of amides is 2. The number of aromatic nitrogens is 2. The topological polar surface area (TPSA) is 81.3 Å². The van der Waals surface area contributed by atoms with Crippen LogP contribution in [0.5, 0.6) is 0 Å². The number of para-hydroxylation sites is 1. The minimum absolute atomic E-state index is 0.104. The maximum absolute atomic E-state index is 14.0. The summed E-state index contributed by atoms with van der Waals surface area (Å²) < 4.78 is 0. The van der Waals surface area contributed by atoms with E-state index in [0.29, 0.717) is 37.9 Å². The molecule has 0 unspecified atom stereocenters. The van der Waals surface area contributed by atoms with Gasteiger partial charge in [-0.3, -0.25) is 14.6 Å². The van der Waals surface area contributed by atoms with Gasteiger partial charge in [0.15, 0.2) is 0 Å². The molecule has 0 saturated carbocycles. The number of nitrogens with one attached hydrogen (secondary N) is 2. The monoisotopic (exact) mass is 495 g/mol. The molecule has 2 N–H and O–H groups in total. The van der Waals surface area contributed by atoms with Gasteiger partial charge in [-0.15, -0.1) is 0 Å². The fourth-order valence-corrected chi connectivity index (χ4v) is 5.27. The summed E-state index contributed by atoms with van der Waals surface area (Å²) in [4.78, 5) is 39.6. The summed E-state index contributed by atoms with van der Waals surface area (Å²) in [6.07, 6.45) is 7.29.